The summed E-state index contributed by atoms with van der Waals surface area (Å²) in [7, 11) is 1.71. The molecule has 1 heterocycles. The van der Waals surface area contributed by atoms with Gasteiger partial charge < -0.3 is 4.57 Å². The van der Waals surface area contributed by atoms with Gasteiger partial charge in [-0.15, -0.1) is 0 Å². The highest BCUT2D eigenvalue weighted by atomic mass is 79.9. The molecule has 0 fully saturated rings. The van der Waals surface area contributed by atoms with Crippen molar-refractivity contribution < 1.29 is 0 Å². The van der Waals surface area contributed by atoms with Crippen LogP contribution in [-0.4, -0.2) is 14.9 Å². The van der Waals surface area contributed by atoms with Gasteiger partial charge in [-0.2, -0.15) is 0 Å². The smallest absolute Gasteiger partial charge is 0.260 e. The van der Waals surface area contributed by atoms with E-state index >= 15 is 0 Å². The largest absolute Gasteiger partial charge is 0.302 e. The Balaban J connectivity index is 2.49. The summed E-state index contributed by atoms with van der Waals surface area (Å²) in [6.07, 6.45) is 6.62. The molecule has 0 aliphatic rings. The van der Waals surface area contributed by atoms with Crippen molar-refractivity contribution in [1.82, 2.24) is 9.55 Å². The summed E-state index contributed by atoms with van der Waals surface area (Å²) in [5.41, 5.74) is 1.76. The van der Waals surface area contributed by atoms with Gasteiger partial charge in [-0.25, -0.2) is 4.98 Å². The first-order valence-electron chi connectivity index (χ1n) is 5.40. The quantitative estimate of drug-likeness (QED) is 0.816. The standard InChI is InChI=1S/C13H13BrN2O/c1-16-9-15-12-6-5-10(4-2-3-7-14)8-11(12)13(16)17/h2,4-6,8-9H,3,7H2,1H3. The van der Waals surface area contributed by atoms with E-state index in [0.29, 0.717) is 5.39 Å². The topological polar surface area (TPSA) is 34.9 Å². The highest BCUT2D eigenvalue weighted by Crippen LogP contribution is 2.11. The zero-order chi connectivity index (χ0) is 12.3. The van der Waals surface area contributed by atoms with E-state index in [4.69, 9.17) is 0 Å². The Kier molecular flexibility index (Phi) is 3.74. The number of alkyl halides is 1. The van der Waals surface area contributed by atoms with Crippen molar-refractivity contribution in [3.8, 4) is 0 Å². The number of fused-ring (bicyclic) bond motifs is 1. The molecular formula is C13H13BrN2O. The van der Waals surface area contributed by atoms with Crippen molar-refractivity contribution in [3.05, 3.63) is 46.5 Å². The summed E-state index contributed by atoms with van der Waals surface area (Å²) in [5, 5.41) is 1.61. The fraction of sp³-hybridized carbons (Fsp3) is 0.231. The minimum absolute atomic E-state index is 0.00857. The molecule has 0 bridgehead atoms. The van der Waals surface area contributed by atoms with Gasteiger partial charge >= 0.3 is 0 Å². The Hall–Kier alpha value is -1.42. The molecule has 2 aromatic rings. The van der Waals surface area contributed by atoms with Gasteiger partial charge in [0.15, 0.2) is 0 Å². The maximum Gasteiger partial charge on any atom is 0.260 e. The van der Waals surface area contributed by atoms with Crippen molar-refractivity contribution in [1.29, 1.82) is 0 Å². The fourth-order valence-electron chi connectivity index (χ4n) is 1.61. The molecule has 1 aromatic carbocycles. The molecule has 0 saturated carbocycles. The van der Waals surface area contributed by atoms with Crippen LogP contribution in [0.4, 0.5) is 0 Å². The molecule has 3 nitrogen and oxygen atoms in total. The molecule has 0 radical (unpaired) electrons. The number of hydrogen-bond acceptors (Lipinski definition) is 2. The second-order valence-electron chi connectivity index (χ2n) is 3.82. The molecule has 0 saturated heterocycles. The number of rotatable bonds is 3. The molecule has 2 rings (SSSR count). The summed E-state index contributed by atoms with van der Waals surface area (Å²) in [6, 6.07) is 5.74. The van der Waals surface area contributed by atoms with Crippen LogP contribution in [0.1, 0.15) is 12.0 Å². The summed E-state index contributed by atoms with van der Waals surface area (Å²) < 4.78 is 1.49. The Bertz CT molecular complexity index is 616. The molecule has 88 valence electrons. The summed E-state index contributed by atoms with van der Waals surface area (Å²) >= 11 is 3.37. The Morgan fingerprint density at radius 3 is 3.06 bits per heavy atom. The predicted octanol–water partition coefficient (Wildman–Crippen LogP) is 2.73. The number of nitrogens with zero attached hydrogens (tertiary/aromatic N) is 2. The van der Waals surface area contributed by atoms with E-state index in [9.17, 15) is 4.79 Å². The van der Waals surface area contributed by atoms with Gasteiger partial charge in [0, 0.05) is 12.4 Å². The Labute approximate surface area is 108 Å². The van der Waals surface area contributed by atoms with E-state index in [2.05, 4.69) is 27.0 Å². The number of allylic oxidation sites excluding steroid dienone is 1. The SMILES string of the molecule is Cn1cnc2ccc(C=CCCBr)cc2c1=O. The van der Waals surface area contributed by atoms with E-state index in [-0.39, 0.29) is 5.56 Å². The van der Waals surface area contributed by atoms with Gasteiger partial charge in [0.1, 0.15) is 0 Å². The molecule has 17 heavy (non-hydrogen) atoms. The number of aromatic nitrogens is 2. The van der Waals surface area contributed by atoms with Gasteiger partial charge in [-0.1, -0.05) is 34.1 Å². The summed E-state index contributed by atoms with van der Waals surface area (Å²) in [6.45, 7) is 0. The van der Waals surface area contributed by atoms with Crippen molar-refractivity contribution in [2.24, 2.45) is 7.05 Å². The van der Waals surface area contributed by atoms with E-state index in [1.54, 1.807) is 13.4 Å². The first-order chi connectivity index (χ1) is 8.22. The van der Waals surface area contributed by atoms with Crippen molar-refractivity contribution in [3.63, 3.8) is 0 Å². The van der Waals surface area contributed by atoms with E-state index in [0.717, 1.165) is 22.8 Å². The van der Waals surface area contributed by atoms with Gasteiger partial charge in [0.2, 0.25) is 0 Å². The third-order valence-electron chi connectivity index (χ3n) is 2.53. The Morgan fingerprint density at radius 2 is 2.29 bits per heavy atom. The fourth-order valence-corrected chi connectivity index (χ4v) is 1.88. The number of hydrogen-bond donors (Lipinski definition) is 0. The van der Waals surface area contributed by atoms with Crippen LogP contribution in [0.5, 0.6) is 0 Å². The predicted molar refractivity (Wildman–Crippen MR) is 74.4 cm³/mol. The van der Waals surface area contributed by atoms with Gasteiger partial charge in [0.25, 0.3) is 5.56 Å². The average Bonchev–Trinajstić information content (AvgIpc) is 2.35. The Morgan fingerprint density at radius 1 is 1.47 bits per heavy atom. The monoisotopic (exact) mass is 292 g/mol. The lowest BCUT2D eigenvalue weighted by atomic mass is 10.1. The average molecular weight is 293 g/mol. The molecular weight excluding hydrogens is 280 g/mol. The van der Waals surface area contributed by atoms with E-state index in [1.165, 1.54) is 4.57 Å². The summed E-state index contributed by atoms with van der Waals surface area (Å²) in [5.74, 6) is 0. The van der Waals surface area contributed by atoms with E-state index in [1.807, 2.05) is 24.3 Å². The first-order valence-corrected chi connectivity index (χ1v) is 6.52. The van der Waals surface area contributed by atoms with Crippen molar-refractivity contribution in [2.75, 3.05) is 5.33 Å². The number of benzene rings is 1. The zero-order valence-electron chi connectivity index (χ0n) is 9.56. The van der Waals surface area contributed by atoms with Crippen LogP contribution in [0.15, 0.2) is 35.4 Å². The highest BCUT2D eigenvalue weighted by molar-refractivity contribution is 9.09. The third-order valence-corrected chi connectivity index (χ3v) is 2.99. The molecule has 0 aliphatic heterocycles. The molecule has 0 unspecified atom stereocenters. The molecule has 0 aliphatic carbocycles. The number of aryl methyl sites for hydroxylation is 1. The van der Waals surface area contributed by atoms with Gasteiger partial charge in [0.05, 0.1) is 17.2 Å². The molecule has 0 atom stereocenters. The number of halogens is 1. The summed E-state index contributed by atoms with van der Waals surface area (Å²) in [4.78, 5) is 16.1. The lowest BCUT2D eigenvalue weighted by Gasteiger charge is -2.01. The van der Waals surface area contributed by atoms with Crippen LogP contribution < -0.4 is 5.56 Å². The molecule has 0 N–H and O–H groups in total. The second-order valence-corrected chi connectivity index (χ2v) is 4.61. The minimum atomic E-state index is -0.00857. The van der Waals surface area contributed by atoms with Gasteiger partial charge in [-0.3, -0.25) is 4.79 Å². The maximum atomic E-state index is 11.9. The van der Waals surface area contributed by atoms with Crippen molar-refractivity contribution >= 4 is 32.9 Å². The van der Waals surface area contributed by atoms with Crippen LogP contribution >= 0.6 is 15.9 Å². The van der Waals surface area contributed by atoms with Gasteiger partial charge in [-0.05, 0) is 24.1 Å². The molecule has 0 amide bonds. The maximum absolute atomic E-state index is 11.9. The zero-order valence-corrected chi connectivity index (χ0v) is 11.1. The normalized spacial score (nSPS) is 11.4. The van der Waals surface area contributed by atoms with Crippen LogP contribution in [0.2, 0.25) is 0 Å². The lowest BCUT2D eigenvalue weighted by Crippen LogP contribution is -2.16. The van der Waals surface area contributed by atoms with Crippen LogP contribution in [0.25, 0.3) is 17.0 Å². The third kappa shape index (κ3) is 2.64. The van der Waals surface area contributed by atoms with E-state index < -0.39 is 0 Å². The minimum Gasteiger partial charge on any atom is -0.302 e. The van der Waals surface area contributed by atoms with Crippen LogP contribution in [-0.2, 0) is 7.05 Å². The first kappa shape index (κ1) is 12.0. The molecule has 1 aromatic heterocycles. The van der Waals surface area contributed by atoms with Crippen LogP contribution in [0, 0.1) is 0 Å². The highest BCUT2D eigenvalue weighted by Gasteiger charge is 2.01. The second kappa shape index (κ2) is 5.27. The van der Waals surface area contributed by atoms with Crippen molar-refractivity contribution in [2.45, 2.75) is 6.42 Å². The molecule has 0 spiro atoms. The lowest BCUT2D eigenvalue weighted by molar-refractivity contribution is 0.843. The van der Waals surface area contributed by atoms with Crippen LogP contribution in [0.3, 0.4) is 0 Å². The molecule has 4 heteroatoms.